The van der Waals surface area contributed by atoms with E-state index in [4.69, 9.17) is 10.5 Å². The molecule has 16 heavy (non-hydrogen) atoms. The van der Waals surface area contributed by atoms with Gasteiger partial charge in [-0.15, -0.1) is 0 Å². The van der Waals surface area contributed by atoms with Gasteiger partial charge in [0.1, 0.15) is 11.9 Å². The van der Waals surface area contributed by atoms with Crippen LogP contribution in [0.3, 0.4) is 0 Å². The molecular weight excluding hydrogens is 206 g/mol. The molecule has 1 aliphatic heterocycles. The predicted molar refractivity (Wildman–Crippen MR) is 62.3 cm³/mol. The first-order chi connectivity index (χ1) is 7.70. The summed E-state index contributed by atoms with van der Waals surface area (Å²) in [6.07, 6.45) is 1.05. The fourth-order valence-corrected chi connectivity index (χ4v) is 1.91. The first kappa shape index (κ1) is 11.2. The number of nitrogens with zero attached hydrogens (tertiary/aromatic N) is 2. The molecule has 0 radical (unpaired) electrons. The Morgan fingerprint density at radius 2 is 2.38 bits per heavy atom. The standard InChI is InChI=1S/C11H17N3O2/c1-2-16-10-7-14(6-9(10)15)11-4-3-8(12)5-13-11/h3-5,9-10,15H,2,6-7,12H2,1H3/t9-,10+/m1/s1. The maximum absolute atomic E-state index is 9.79. The molecular formula is C11H17N3O2. The van der Waals surface area contributed by atoms with Crippen molar-refractivity contribution in [1.29, 1.82) is 0 Å². The summed E-state index contributed by atoms with van der Waals surface area (Å²) >= 11 is 0. The van der Waals surface area contributed by atoms with E-state index in [0.29, 0.717) is 25.4 Å². The highest BCUT2D eigenvalue weighted by molar-refractivity contribution is 5.46. The summed E-state index contributed by atoms with van der Waals surface area (Å²) < 4.78 is 5.45. The first-order valence-electron chi connectivity index (χ1n) is 5.47. The number of ether oxygens (including phenoxy) is 1. The summed E-state index contributed by atoms with van der Waals surface area (Å²) in [4.78, 5) is 6.23. The summed E-state index contributed by atoms with van der Waals surface area (Å²) in [5.41, 5.74) is 6.22. The monoisotopic (exact) mass is 223 g/mol. The van der Waals surface area contributed by atoms with Crippen molar-refractivity contribution in [1.82, 2.24) is 4.98 Å². The smallest absolute Gasteiger partial charge is 0.128 e. The molecule has 3 N–H and O–H groups in total. The van der Waals surface area contributed by atoms with E-state index >= 15 is 0 Å². The minimum absolute atomic E-state index is 0.121. The zero-order valence-electron chi connectivity index (χ0n) is 9.34. The number of anilines is 2. The summed E-state index contributed by atoms with van der Waals surface area (Å²) in [5, 5.41) is 9.79. The molecule has 2 rings (SSSR count). The van der Waals surface area contributed by atoms with Gasteiger partial charge in [0.25, 0.3) is 0 Å². The Morgan fingerprint density at radius 3 is 3.00 bits per heavy atom. The number of nitrogens with two attached hydrogens (primary N) is 1. The lowest BCUT2D eigenvalue weighted by molar-refractivity contribution is -0.00189. The predicted octanol–water partition coefficient (Wildman–Crippen LogP) is 0.250. The van der Waals surface area contributed by atoms with Crippen LogP contribution in [0, 0.1) is 0 Å². The number of hydrogen-bond donors (Lipinski definition) is 2. The van der Waals surface area contributed by atoms with Crippen molar-refractivity contribution in [2.45, 2.75) is 19.1 Å². The Hall–Kier alpha value is -1.33. The molecule has 1 fully saturated rings. The average Bonchev–Trinajstić information content (AvgIpc) is 2.62. The van der Waals surface area contributed by atoms with Gasteiger partial charge in [0.05, 0.1) is 18.0 Å². The quantitative estimate of drug-likeness (QED) is 0.768. The highest BCUT2D eigenvalue weighted by Crippen LogP contribution is 2.20. The highest BCUT2D eigenvalue weighted by Gasteiger charge is 2.32. The van der Waals surface area contributed by atoms with Crippen LogP contribution in [-0.2, 0) is 4.74 Å². The maximum atomic E-state index is 9.79. The van der Waals surface area contributed by atoms with Crippen LogP contribution in [0.15, 0.2) is 18.3 Å². The molecule has 2 atom stereocenters. The second-order valence-electron chi connectivity index (χ2n) is 3.92. The maximum Gasteiger partial charge on any atom is 0.128 e. The van der Waals surface area contributed by atoms with Gasteiger partial charge in [-0.1, -0.05) is 0 Å². The fourth-order valence-electron chi connectivity index (χ4n) is 1.91. The molecule has 0 aromatic carbocycles. The van der Waals surface area contributed by atoms with E-state index in [9.17, 15) is 5.11 Å². The first-order valence-corrected chi connectivity index (χ1v) is 5.47. The SMILES string of the molecule is CCO[C@H]1CN(c2ccc(N)cn2)C[C@H]1O. The number of nitrogen functional groups attached to an aromatic ring is 1. The third kappa shape index (κ3) is 2.25. The van der Waals surface area contributed by atoms with Gasteiger partial charge in [0.2, 0.25) is 0 Å². The third-order valence-electron chi connectivity index (χ3n) is 2.71. The molecule has 0 aliphatic carbocycles. The molecule has 1 aromatic heterocycles. The number of β-amino-alcohol motifs (C(OH)–C–C–N with tert-alkyl or cyclic N) is 1. The van der Waals surface area contributed by atoms with Gasteiger partial charge in [-0.2, -0.15) is 0 Å². The van der Waals surface area contributed by atoms with Crippen molar-refractivity contribution in [2.24, 2.45) is 0 Å². The minimum Gasteiger partial charge on any atom is -0.397 e. The van der Waals surface area contributed by atoms with Crippen molar-refractivity contribution in [3.63, 3.8) is 0 Å². The van der Waals surface area contributed by atoms with Crippen molar-refractivity contribution < 1.29 is 9.84 Å². The second kappa shape index (κ2) is 4.67. The van der Waals surface area contributed by atoms with Crippen LogP contribution < -0.4 is 10.6 Å². The van der Waals surface area contributed by atoms with E-state index in [0.717, 1.165) is 5.82 Å². The van der Waals surface area contributed by atoms with Crippen LogP contribution in [0.5, 0.6) is 0 Å². The number of aliphatic hydroxyl groups excluding tert-OH is 1. The number of aromatic nitrogens is 1. The lowest BCUT2D eigenvalue weighted by atomic mass is 10.3. The zero-order chi connectivity index (χ0) is 11.5. The summed E-state index contributed by atoms with van der Waals surface area (Å²) in [7, 11) is 0. The Kier molecular flexibility index (Phi) is 3.26. The van der Waals surface area contributed by atoms with Gasteiger partial charge in [0.15, 0.2) is 0 Å². The van der Waals surface area contributed by atoms with Gasteiger partial charge in [-0.3, -0.25) is 0 Å². The van der Waals surface area contributed by atoms with Gasteiger partial charge >= 0.3 is 0 Å². The van der Waals surface area contributed by atoms with Crippen molar-refractivity contribution in [3.05, 3.63) is 18.3 Å². The Bertz CT molecular complexity index is 342. The molecule has 1 saturated heterocycles. The Balaban J connectivity index is 2.04. The topological polar surface area (TPSA) is 71.6 Å². The van der Waals surface area contributed by atoms with E-state index in [2.05, 4.69) is 4.98 Å². The number of rotatable bonds is 3. The number of aliphatic hydroxyl groups is 1. The fraction of sp³-hybridized carbons (Fsp3) is 0.545. The normalized spacial score (nSPS) is 25.0. The second-order valence-corrected chi connectivity index (χ2v) is 3.92. The van der Waals surface area contributed by atoms with Crippen LogP contribution in [0.1, 0.15) is 6.92 Å². The molecule has 5 nitrogen and oxygen atoms in total. The summed E-state index contributed by atoms with van der Waals surface area (Å²) in [6, 6.07) is 3.67. The van der Waals surface area contributed by atoms with E-state index in [1.165, 1.54) is 0 Å². The van der Waals surface area contributed by atoms with Crippen LogP contribution in [-0.4, -0.2) is 42.0 Å². The third-order valence-corrected chi connectivity index (χ3v) is 2.71. The summed E-state index contributed by atoms with van der Waals surface area (Å²) in [6.45, 7) is 3.77. The minimum atomic E-state index is -0.445. The van der Waals surface area contributed by atoms with E-state index < -0.39 is 6.10 Å². The molecule has 1 aromatic rings. The molecule has 2 heterocycles. The lowest BCUT2D eigenvalue weighted by Gasteiger charge is -2.16. The zero-order valence-corrected chi connectivity index (χ0v) is 9.34. The highest BCUT2D eigenvalue weighted by atomic mass is 16.5. The van der Waals surface area contributed by atoms with Gasteiger partial charge in [-0.05, 0) is 19.1 Å². The van der Waals surface area contributed by atoms with Crippen molar-refractivity contribution >= 4 is 11.5 Å². The van der Waals surface area contributed by atoms with Crippen LogP contribution in [0.2, 0.25) is 0 Å². The molecule has 0 amide bonds. The average molecular weight is 223 g/mol. The molecule has 0 unspecified atom stereocenters. The lowest BCUT2D eigenvalue weighted by Crippen LogP contribution is -2.26. The molecule has 0 bridgehead atoms. The molecule has 5 heteroatoms. The van der Waals surface area contributed by atoms with Gasteiger partial charge in [0, 0.05) is 19.7 Å². The Morgan fingerprint density at radius 1 is 1.56 bits per heavy atom. The molecule has 0 spiro atoms. The largest absolute Gasteiger partial charge is 0.397 e. The molecule has 0 saturated carbocycles. The number of pyridine rings is 1. The van der Waals surface area contributed by atoms with E-state index in [-0.39, 0.29) is 6.10 Å². The van der Waals surface area contributed by atoms with Crippen molar-refractivity contribution in [3.8, 4) is 0 Å². The molecule has 88 valence electrons. The van der Waals surface area contributed by atoms with Gasteiger partial charge < -0.3 is 20.5 Å². The van der Waals surface area contributed by atoms with Gasteiger partial charge in [-0.25, -0.2) is 4.98 Å². The van der Waals surface area contributed by atoms with Crippen LogP contribution >= 0.6 is 0 Å². The van der Waals surface area contributed by atoms with E-state index in [1.807, 2.05) is 24.0 Å². The van der Waals surface area contributed by atoms with Crippen molar-refractivity contribution in [2.75, 3.05) is 30.3 Å². The summed E-state index contributed by atoms with van der Waals surface area (Å²) in [5.74, 6) is 0.829. The van der Waals surface area contributed by atoms with E-state index in [1.54, 1.807) is 6.20 Å². The Labute approximate surface area is 94.8 Å². The molecule has 1 aliphatic rings. The number of hydrogen-bond acceptors (Lipinski definition) is 5. The van der Waals surface area contributed by atoms with Crippen LogP contribution in [0.25, 0.3) is 0 Å². The van der Waals surface area contributed by atoms with Crippen LogP contribution in [0.4, 0.5) is 11.5 Å².